The number of carbonyl (C=O) groups is 1. The SMILES string of the molecule is COc1cccc(C(=O)N2CCN(CC(F)(F)F)CC2)c1Br. The van der Waals surface area contributed by atoms with Gasteiger partial charge < -0.3 is 9.64 Å². The third-order valence-electron chi connectivity index (χ3n) is 3.48. The van der Waals surface area contributed by atoms with Crippen LogP contribution in [-0.4, -0.2) is 61.7 Å². The van der Waals surface area contributed by atoms with Crippen LogP contribution in [0.2, 0.25) is 0 Å². The first-order chi connectivity index (χ1) is 10.3. The number of hydrogen-bond acceptors (Lipinski definition) is 3. The summed E-state index contributed by atoms with van der Waals surface area (Å²) in [5.74, 6) is 0.332. The summed E-state index contributed by atoms with van der Waals surface area (Å²) in [6.45, 7) is 0.0503. The highest BCUT2D eigenvalue weighted by atomic mass is 79.9. The van der Waals surface area contributed by atoms with E-state index in [1.165, 1.54) is 12.0 Å². The molecule has 22 heavy (non-hydrogen) atoms. The Kier molecular flexibility index (Phi) is 5.33. The first-order valence-electron chi connectivity index (χ1n) is 6.72. The maximum absolute atomic E-state index is 12.5. The summed E-state index contributed by atoms with van der Waals surface area (Å²) in [7, 11) is 1.50. The zero-order valence-electron chi connectivity index (χ0n) is 12.0. The molecule has 4 nitrogen and oxygen atoms in total. The highest BCUT2D eigenvalue weighted by Crippen LogP contribution is 2.29. The summed E-state index contributed by atoms with van der Waals surface area (Å²) in [5, 5.41) is 0. The molecular formula is C14H16BrF3N2O2. The zero-order valence-corrected chi connectivity index (χ0v) is 13.6. The maximum Gasteiger partial charge on any atom is 0.401 e. The monoisotopic (exact) mass is 380 g/mol. The highest BCUT2D eigenvalue weighted by molar-refractivity contribution is 9.10. The van der Waals surface area contributed by atoms with Gasteiger partial charge in [0, 0.05) is 26.2 Å². The number of amides is 1. The summed E-state index contributed by atoms with van der Waals surface area (Å²) in [6, 6.07) is 5.09. The molecule has 1 aromatic rings. The van der Waals surface area contributed by atoms with E-state index in [0.29, 0.717) is 15.8 Å². The second kappa shape index (κ2) is 6.87. The molecule has 1 aliphatic heterocycles. The van der Waals surface area contributed by atoms with E-state index >= 15 is 0 Å². The van der Waals surface area contributed by atoms with Crippen LogP contribution in [0.25, 0.3) is 0 Å². The fourth-order valence-electron chi connectivity index (χ4n) is 2.37. The number of nitrogens with zero attached hydrogens (tertiary/aromatic N) is 2. The molecule has 0 bridgehead atoms. The first-order valence-corrected chi connectivity index (χ1v) is 7.52. The Morgan fingerprint density at radius 3 is 2.45 bits per heavy atom. The number of halogens is 4. The van der Waals surface area contributed by atoms with Crippen LogP contribution < -0.4 is 4.74 Å². The van der Waals surface area contributed by atoms with Crippen LogP contribution in [-0.2, 0) is 0 Å². The van der Waals surface area contributed by atoms with Crippen LogP contribution in [0.15, 0.2) is 22.7 Å². The second-order valence-electron chi connectivity index (χ2n) is 5.01. The third kappa shape index (κ3) is 4.13. The predicted molar refractivity (Wildman–Crippen MR) is 79.1 cm³/mol. The minimum absolute atomic E-state index is 0.211. The van der Waals surface area contributed by atoms with Gasteiger partial charge >= 0.3 is 6.18 Å². The molecule has 0 atom stereocenters. The molecule has 122 valence electrons. The molecule has 0 unspecified atom stereocenters. The van der Waals surface area contributed by atoms with Crippen molar-refractivity contribution in [2.45, 2.75) is 6.18 Å². The van der Waals surface area contributed by atoms with Crippen molar-refractivity contribution in [2.75, 3.05) is 39.8 Å². The fourth-order valence-corrected chi connectivity index (χ4v) is 2.96. The standard InChI is InChI=1S/C14H16BrF3N2O2/c1-22-11-4-2-3-10(12(11)15)13(21)20-7-5-19(6-8-20)9-14(16,17)18/h2-4H,5-9H2,1H3. The molecule has 1 amide bonds. The van der Waals surface area contributed by atoms with Crippen molar-refractivity contribution >= 4 is 21.8 Å². The molecule has 8 heteroatoms. The zero-order chi connectivity index (χ0) is 16.3. The van der Waals surface area contributed by atoms with Crippen LogP contribution in [0.1, 0.15) is 10.4 Å². The lowest BCUT2D eigenvalue weighted by atomic mass is 10.1. The Labute approximate surface area is 135 Å². The van der Waals surface area contributed by atoms with E-state index < -0.39 is 12.7 Å². The van der Waals surface area contributed by atoms with Crippen molar-refractivity contribution in [3.8, 4) is 5.75 Å². The number of alkyl halides is 3. The van der Waals surface area contributed by atoms with E-state index in [1.807, 2.05) is 0 Å². The predicted octanol–water partition coefficient (Wildman–Crippen LogP) is 2.78. The summed E-state index contributed by atoms with van der Waals surface area (Å²) in [6.07, 6.45) is -4.21. The number of piperazine rings is 1. The number of carbonyl (C=O) groups excluding carboxylic acids is 1. The smallest absolute Gasteiger partial charge is 0.401 e. The van der Waals surface area contributed by atoms with Crippen molar-refractivity contribution in [3.05, 3.63) is 28.2 Å². The number of ether oxygens (including phenoxy) is 1. The van der Waals surface area contributed by atoms with Gasteiger partial charge in [0.05, 0.1) is 23.7 Å². The largest absolute Gasteiger partial charge is 0.496 e. The van der Waals surface area contributed by atoms with Crippen molar-refractivity contribution in [2.24, 2.45) is 0 Å². The second-order valence-corrected chi connectivity index (χ2v) is 5.80. The van der Waals surface area contributed by atoms with Crippen LogP contribution in [0.3, 0.4) is 0 Å². The van der Waals surface area contributed by atoms with Crippen molar-refractivity contribution in [1.29, 1.82) is 0 Å². The highest BCUT2D eigenvalue weighted by Gasteiger charge is 2.33. The van der Waals surface area contributed by atoms with Crippen LogP contribution in [0, 0.1) is 0 Å². The van der Waals surface area contributed by atoms with Gasteiger partial charge in [0.15, 0.2) is 0 Å². The van der Waals surface area contributed by atoms with Crippen LogP contribution >= 0.6 is 15.9 Å². The third-order valence-corrected chi connectivity index (χ3v) is 4.29. The lowest BCUT2D eigenvalue weighted by molar-refractivity contribution is -0.148. The number of benzene rings is 1. The molecule has 0 saturated carbocycles. The van der Waals surface area contributed by atoms with Gasteiger partial charge in [-0.25, -0.2) is 0 Å². The molecule has 0 aromatic heterocycles. The number of hydrogen-bond donors (Lipinski definition) is 0. The van der Waals surface area contributed by atoms with E-state index in [-0.39, 0.29) is 32.1 Å². The number of methoxy groups -OCH3 is 1. The summed E-state index contributed by atoms with van der Waals surface area (Å²) >= 11 is 3.33. The Morgan fingerprint density at radius 1 is 1.27 bits per heavy atom. The molecular weight excluding hydrogens is 365 g/mol. The van der Waals surface area contributed by atoms with Crippen molar-refractivity contribution < 1.29 is 22.7 Å². The van der Waals surface area contributed by atoms with Crippen molar-refractivity contribution in [3.63, 3.8) is 0 Å². The lowest BCUT2D eigenvalue weighted by Crippen LogP contribution is -2.51. The van der Waals surface area contributed by atoms with E-state index in [4.69, 9.17) is 4.74 Å². The topological polar surface area (TPSA) is 32.8 Å². The first kappa shape index (κ1) is 17.1. The molecule has 1 aromatic carbocycles. The quantitative estimate of drug-likeness (QED) is 0.808. The normalized spacial score (nSPS) is 16.7. The average molecular weight is 381 g/mol. The molecule has 0 spiro atoms. The minimum atomic E-state index is -4.21. The van der Waals surface area contributed by atoms with E-state index in [2.05, 4.69) is 15.9 Å². The maximum atomic E-state index is 12.5. The van der Waals surface area contributed by atoms with Gasteiger partial charge in [-0.1, -0.05) is 6.07 Å². The van der Waals surface area contributed by atoms with Crippen LogP contribution in [0.4, 0.5) is 13.2 Å². The van der Waals surface area contributed by atoms with Gasteiger partial charge in [0.25, 0.3) is 5.91 Å². The van der Waals surface area contributed by atoms with E-state index in [1.54, 1.807) is 23.1 Å². The van der Waals surface area contributed by atoms with E-state index in [0.717, 1.165) is 0 Å². The molecule has 1 fully saturated rings. The van der Waals surface area contributed by atoms with E-state index in [9.17, 15) is 18.0 Å². The number of rotatable bonds is 3. The molecule has 1 saturated heterocycles. The minimum Gasteiger partial charge on any atom is -0.496 e. The molecule has 0 radical (unpaired) electrons. The molecule has 0 aliphatic carbocycles. The molecule has 1 heterocycles. The molecule has 1 aliphatic rings. The van der Waals surface area contributed by atoms with Gasteiger partial charge in [-0.05, 0) is 28.1 Å². The van der Waals surface area contributed by atoms with Crippen molar-refractivity contribution in [1.82, 2.24) is 9.80 Å². The van der Waals surface area contributed by atoms with Gasteiger partial charge in [-0.15, -0.1) is 0 Å². The van der Waals surface area contributed by atoms with Gasteiger partial charge in [-0.2, -0.15) is 13.2 Å². The van der Waals surface area contributed by atoms with Gasteiger partial charge in [0.1, 0.15) is 5.75 Å². The fraction of sp³-hybridized carbons (Fsp3) is 0.500. The van der Waals surface area contributed by atoms with Gasteiger partial charge in [0.2, 0.25) is 0 Å². The Bertz CT molecular complexity index is 543. The van der Waals surface area contributed by atoms with Gasteiger partial charge in [-0.3, -0.25) is 9.69 Å². The molecule has 2 rings (SSSR count). The lowest BCUT2D eigenvalue weighted by Gasteiger charge is -2.35. The molecule has 0 N–H and O–H groups in total. The van der Waals surface area contributed by atoms with Crippen LogP contribution in [0.5, 0.6) is 5.75 Å². The summed E-state index contributed by atoms with van der Waals surface area (Å²) in [5.41, 5.74) is 0.448. The Morgan fingerprint density at radius 2 is 1.91 bits per heavy atom. The Hall–Kier alpha value is -1.28. The summed E-state index contributed by atoms with van der Waals surface area (Å²) in [4.78, 5) is 15.4. The average Bonchev–Trinajstić information content (AvgIpc) is 2.46. The summed E-state index contributed by atoms with van der Waals surface area (Å²) < 4.78 is 42.8. The Balaban J connectivity index is 2.01.